The molecule has 3 nitrogen and oxygen atoms in total. The van der Waals surface area contributed by atoms with Gasteiger partial charge in [-0.15, -0.1) is 0 Å². The molecular weight excluding hydrogens is 327 g/mol. The monoisotopic (exact) mass is 364 g/mol. The van der Waals surface area contributed by atoms with E-state index in [0.29, 0.717) is 24.2 Å². The van der Waals surface area contributed by atoms with E-state index in [2.05, 4.69) is 34.3 Å². The Kier molecular flexibility index (Phi) is 12.3. The van der Waals surface area contributed by atoms with E-state index in [1.807, 2.05) is 0 Å². The molecule has 0 spiro atoms. The predicted octanol–water partition coefficient (Wildman–Crippen LogP) is 5.86. The third kappa shape index (κ3) is 8.54. The van der Waals surface area contributed by atoms with Crippen LogP contribution < -0.4 is 0 Å². The van der Waals surface area contributed by atoms with Gasteiger partial charge in [-0.25, -0.2) is 8.42 Å². The molecule has 5 heteroatoms. The second kappa shape index (κ2) is 12.3. The topological polar surface area (TPSA) is 51.2 Å². The first-order valence-electron chi connectivity index (χ1n) is 9.26. The van der Waals surface area contributed by atoms with Gasteiger partial charge in [0, 0.05) is 12.3 Å². The molecule has 0 amide bonds. The molecular formula is C18H37O3PS. The SMILES string of the molecule is C=C([SH](=O)=O)P(=O)(CC(CC)CCCC)CC(CC)CCCC. The summed E-state index contributed by atoms with van der Waals surface area (Å²) >= 11 is 0. The van der Waals surface area contributed by atoms with Crippen LogP contribution in [0.4, 0.5) is 0 Å². The van der Waals surface area contributed by atoms with Crippen LogP contribution in [0.1, 0.15) is 79.1 Å². The Morgan fingerprint density at radius 2 is 1.30 bits per heavy atom. The van der Waals surface area contributed by atoms with Crippen LogP contribution in [0.3, 0.4) is 0 Å². The van der Waals surface area contributed by atoms with Crippen molar-refractivity contribution in [3.05, 3.63) is 11.2 Å². The number of hydrogen-bond acceptors (Lipinski definition) is 3. The fraction of sp³-hybridized carbons (Fsp3) is 0.889. The Morgan fingerprint density at radius 3 is 1.57 bits per heavy atom. The summed E-state index contributed by atoms with van der Waals surface area (Å²) in [6, 6.07) is 0. The van der Waals surface area contributed by atoms with Gasteiger partial charge in [0.2, 0.25) is 0 Å². The van der Waals surface area contributed by atoms with Gasteiger partial charge < -0.3 is 4.57 Å². The predicted molar refractivity (Wildman–Crippen MR) is 103 cm³/mol. The zero-order valence-corrected chi connectivity index (χ0v) is 17.3. The number of hydrogen-bond donors (Lipinski definition) is 1. The normalized spacial score (nSPS) is 16.9. The largest absolute Gasteiger partial charge is 0.318 e. The van der Waals surface area contributed by atoms with Gasteiger partial charge in [0.05, 0.1) is 4.65 Å². The second-order valence-electron chi connectivity index (χ2n) is 6.76. The molecule has 2 unspecified atom stereocenters. The maximum absolute atomic E-state index is 13.5. The van der Waals surface area contributed by atoms with Gasteiger partial charge in [-0.2, -0.15) is 0 Å². The highest BCUT2D eigenvalue weighted by atomic mass is 32.2. The van der Waals surface area contributed by atoms with Gasteiger partial charge in [0.1, 0.15) is 7.14 Å². The smallest absolute Gasteiger partial charge is 0.171 e. The first-order valence-corrected chi connectivity index (χ1v) is 12.5. The van der Waals surface area contributed by atoms with Crippen molar-refractivity contribution in [2.75, 3.05) is 12.3 Å². The van der Waals surface area contributed by atoms with Crippen LogP contribution in [0.25, 0.3) is 0 Å². The van der Waals surface area contributed by atoms with Gasteiger partial charge in [0.25, 0.3) is 0 Å². The van der Waals surface area contributed by atoms with Crippen LogP contribution in [0.5, 0.6) is 0 Å². The second-order valence-corrected chi connectivity index (χ2v) is 11.2. The summed E-state index contributed by atoms with van der Waals surface area (Å²) in [7, 11) is -5.69. The summed E-state index contributed by atoms with van der Waals surface area (Å²) in [6.45, 7) is 12.2. The Bertz CT molecular complexity index is 427. The molecule has 0 aromatic rings. The molecule has 0 aromatic carbocycles. The highest BCUT2D eigenvalue weighted by Gasteiger charge is 2.33. The molecule has 0 aromatic heterocycles. The fourth-order valence-corrected chi connectivity index (χ4v) is 7.90. The molecule has 0 bridgehead atoms. The average molecular weight is 365 g/mol. The van der Waals surface area contributed by atoms with E-state index >= 15 is 0 Å². The Hall–Kier alpha value is -0.0800. The van der Waals surface area contributed by atoms with E-state index in [9.17, 15) is 13.0 Å². The van der Waals surface area contributed by atoms with Gasteiger partial charge in [-0.05, 0) is 11.8 Å². The molecule has 0 aliphatic heterocycles. The number of rotatable bonds is 14. The zero-order chi connectivity index (χ0) is 17.9. The molecule has 0 radical (unpaired) electrons. The quantitative estimate of drug-likeness (QED) is 0.310. The van der Waals surface area contributed by atoms with Gasteiger partial charge in [-0.1, -0.05) is 85.6 Å². The maximum Gasteiger partial charge on any atom is 0.171 e. The average Bonchev–Trinajstić information content (AvgIpc) is 2.54. The summed E-state index contributed by atoms with van der Waals surface area (Å²) in [5, 5.41) is 0. The lowest BCUT2D eigenvalue weighted by Crippen LogP contribution is -2.14. The molecule has 0 heterocycles. The third-order valence-corrected chi connectivity index (χ3v) is 10.0. The molecule has 0 aliphatic carbocycles. The van der Waals surface area contributed by atoms with E-state index in [1.165, 1.54) is 0 Å². The van der Waals surface area contributed by atoms with Crippen LogP contribution in [0.15, 0.2) is 11.2 Å². The van der Waals surface area contributed by atoms with Crippen molar-refractivity contribution in [1.29, 1.82) is 0 Å². The molecule has 23 heavy (non-hydrogen) atoms. The minimum absolute atomic E-state index is 0.0115. The Labute approximate surface area is 145 Å². The van der Waals surface area contributed by atoms with Gasteiger partial charge in [0.15, 0.2) is 10.7 Å². The molecule has 0 aliphatic rings. The lowest BCUT2D eigenvalue weighted by Gasteiger charge is -2.27. The van der Waals surface area contributed by atoms with E-state index in [4.69, 9.17) is 0 Å². The van der Waals surface area contributed by atoms with E-state index in [0.717, 1.165) is 51.4 Å². The molecule has 0 rings (SSSR count). The van der Waals surface area contributed by atoms with Crippen molar-refractivity contribution in [3.63, 3.8) is 0 Å². The standard InChI is InChI=1S/C18H37O3PS/c1-6-10-12-17(8-3)14-22(19,16(5)23(20)21)15-18(9-4)13-11-7-2/h17-18,23H,5-15H2,1-4H3. The zero-order valence-electron chi connectivity index (χ0n) is 15.6. The Balaban J connectivity index is 5.22. The summed E-state index contributed by atoms with van der Waals surface area (Å²) in [5.74, 6) is 0.687. The summed E-state index contributed by atoms with van der Waals surface area (Å²) in [5.41, 5.74) is 0. The fourth-order valence-electron chi connectivity index (χ4n) is 3.10. The minimum atomic E-state index is -2.88. The molecule has 0 saturated heterocycles. The molecule has 0 N–H and O–H groups in total. The first kappa shape index (κ1) is 22.9. The highest BCUT2D eigenvalue weighted by Crippen LogP contribution is 2.57. The molecule has 0 fully saturated rings. The van der Waals surface area contributed by atoms with Crippen molar-refractivity contribution < 1.29 is 13.0 Å². The van der Waals surface area contributed by atoms with E-state index in [-0.39, 0.29) is 4.65 Å². The van der Waals surface area contributed by atoms with Crippen molar-refractivity contribution in [3.8, 4) is 0 Å². The summed E-state index contributed by atoms with van der Waals surface area (Å²) in [6.07, 6.45) is 9.48. The van der Waals surface area contributed by atoms with Gasteiger partial charge >= 0.3 is 0 Å². The van der Waals surface area contributed by atoms with Crippen LogP contribution in [0, 0.1) is 11.8 Å². The van der Waals surface area contributed by atoms with E-state index in [1.54, 1.807) is 0 Å². The van der Waals surface area contributed by atoms with Crippen LogP contribution in [-0.4, -0.2) is 20.7 Å². The van der Waals surface area contributed by atoms with Crippen molar-refractivity contribution in [2.24, 2.45) is 11.8 Å². The Morgan fingerprint density at radius 1 is 0.913 bits per heavy atom. The highest BCUT2D eigenvalue weighted by molar-refractivity contribution is 7.92. The number of thiol groups is 1. The van der Waals surface area contributed by atoms with Crippen molar-refractivity contribution >= 4 is 17.8 Å². The van der Waals surface area contributed by atoms with Crippen molar-refractivity contribution in [1.82, 2.24) is 0 Å². The van der Waals surface area contributed by atoms with Crippen LogP contribution in [-0.2, 0) is 15.3 Å². The molecule has 138 valence electrons. The molecule has 2 atom stereocenters. The van der Waals surface area contributed by atoms with Crippen LogP contribution >= 0.6 is 7.14 Å². The summed E-state index contributed by atoms with van der Waals surface area (Å²) < 4.78 is 36.5. The lowest BCUT2D eigenvalue weighted by molar-refractivity contribution is 0.465. The first-order chi connectivity index (χ1) is 10.8. The number of unbranched alkanes of at least 4 members (excludes halogenated alkanes) is 2. The minimum Gasteiger partial charge on any atom is -0.318 e. The third-order valence-electron chi connectivity index (χ3n) is 4.87. The maximum atomic E-state index is 13.5. The summed E-state index contributed by atoms with van der Waals surface area (Å²) in [4.78, 5) is 0. The lowest BCUT2D eigenvalue weighted by atomic mass is 10.0. The van der Waals surface area contributed by atoms with Crippen molar-refractivity contribution in [2.45, 2.75) is 79.1 Å². The van der Waals surface area contributed by atoms with E-state index < -0.39 is 17.8 Å². The van der Waals surface area contributed by atoms with Crippen LogP contribution in [0.2, 0.25) is 0 Å². The molecule has 0 saturated carbocycles. The van der Waals surface area contributed by atoms with Gasteiger partial charge in [-0.3, -0.25) is 0 Å².